The summed E-state index contributed by atoms with van der Waals surface area (Å²) in [7, 11) is 0. The second-order valence-corrected chi connectivity index (χ2v) is 6.06. The first-order valence-electron chi connectivity index (χ1n) is 8.14. The SMILES string of the molecule is Cl.NC(CC(=O)Nc1ccccc1C(=O)NC1CC1)c1ccccc1. The van der Waals surface area contributed by atoms with Crippen LogP contribution in [0.15, 0.2) is 54.6 Å². The summed E-state index contributed by atoms with van der Waals surface area (Å²) in [6.45, 7) is 0. The zero-order valence-electron chi connectivity index (χ0n) is 13.8. The van der Waals surface area contributed by atoms with E-state index in [0.29, 0.717) is 11.3 Å². The Kier molecular flexibility index (Phi) is 6.56. The Morgan fingerprint density at radius 3 is 2.36 bits per heavy atom. The lowest BCUT2D eigenvalue weighted by molar-refractivity contribution is -0.116. The second kappa shape index (κ2) is 8.65. The highest BCUT2D eigenvalue weighted by atomic mass is 35.5. The lowest BCUT2D eigenvalue weighted by Gasteiger charge is -2.14. The van der Waals surface area contributed by atoms with Crippen molar-refractivity contribution >= 4 is 29.9 Å². The highest BCUT2D eigenvalue weighted by molar-refractivity contribution is 6.04. The number of anilines is 1. The van der Waals surface area contributed by atoms with Crippen molar-refractivity contribution in [2.24, 2.45) is 5.73 Å². The van der Waals surface area contributed by atoms with Crippen LogP contribution in [0.1, 0.15) is 41.2 Å². The average Bonchev–Trinajstić information content (AvgIpc) is 3.40. The van der Waals surface area contributed by atoms with Crippen molar-refractivity contribution in [3.05, 3.63) is 65.7 Å². The van der Waals surface area contributed by atoms with Crippen molar-refractivity contribution in [3.8, 4) is 0 Å². The minimum absolute atomic E-state index is 0. The maximum Gasteiger partial charge on any atom is 0.253 e. The molecule has 1 aliphatic rings. The van der Waals surface area contributed by atoms with E-state index in [1.807, 2.05) is 30.3 Å². The average molecular weight is 360 g/mol. The van der Waals surface area contributed by atoms with Crippen molar-refractivity contribution in [2.75, 3.05) is 5.32 Å². The normalized spacial score (nSPS) is 14.1. The van der Waals surface area contributed by atoms with E-state index in [1.54, 1.807) is 24.3 Å². The van der Waals surface area contributed by atoms with Crippen LogP contribution in [0.25, 0.3) is 0 Å². The summed E-state index contributed by atoms with van der Waals surface area (Å²) >= 11 is 0. The first-order chi connectivity index (χ1) is 11.6. The van der Waals surface area contributed by atoms with Crippen LogP contribution in [0.3, 0.4) is 0 Å². The van der Waals surface area contributed by atoms with Gasteiger partial charge in [-0.2, -0.15) is 0 Å². The van der Waals surface area contributed by atoms with Crippen LogP contribution in [0.5, 0.6) is 0 Å². The van der Waals surface area contributed by atoms with Crippen LogP contribution in [0.4, 0.5) is 5.69 Å². The van der Waals surface area contributed by atoms with Gasteiger partial charge in [0.2, 0.25) is 5.91 Å². The molecular weight excluding hydrogens is 338 g/mol. The number of halogens is 1. The van der Waals surface area contributed by atoms with Crippen LogP contribution < -0.4 is 16.4 Å². The number of nitrogens with one attached hydrogen (secondary N) is 2. The molecule has 25 heavy (non-hydrogen) atoms. The molecule has 6 heteroatoms. The molecule has 0 heterocycles. The van der Waals surface area contributed by atoms with Crippen molar-refractivity contribution in [1.82, 2.24) is 5.32 Å². The van der Waals surface area contributed by atoms with Gasteiger partial charge in [-0.1, -0.05) is 42.5 Å². The van der Waals surface area contributed by atoms with Gasteiger partial charge >= 0.3 is 0 Å². The smallest absolute Gasteiger partial charge is 0.253 e. The number of hydrogen-bond donors (Lipinski definition) is 3. The van der Waals surface area contributed by atoms with E-state index in [9.17, 15) is 9.59 Å². The Balaban J connectivity index is 0.00000225. The molecule has 2 aromatic carbocycles. The van der Waals surface area contributed by atoms with Gasteiger partial charge in [-0.15, -0.1) is 12.4 Å². The number of hydrogen-bond acceptors (Lipinski definition) is 3. The fourth-order valence-electron chi connectivity index (χ4n) is 2.50. The molecule has 3 rings (SSSR count). The van der Waals surface area contributed by atoms with Gasteiger partial charge in [-0.25, -0.2) is 0 Å². The summed E-state index contributed by atoms with van der Waals surface area (Å²) in [6.07, 6.45) is 2.20. The Labute approximate surface area is 153 Å². The lowest BCUT2D eigenvalue weighted by Crippen LogP contribution is -2.27. The fourth-order valence-corrected chi connectivity index (χ4v) is 2.50. The van der Waals surface area contributed by atoms with E-state index in [-0.39, 0.29) is 42.7 Å². The maximum absolute atomic E-state index is 12.3. The summed E-state index contributed by atoms with van der Waals surface area (Å²) < 4.78 is 0. The zero-order chi connectivity index (χ0) is 16.9. The molecule has 1 atom stereocenters. The molecule has 4 N–H and O–H groups in total. The van der Waals surface area contributed by atoms with Gasteiger partial charge in [0.05, 0.1) is 11.3 Å². The standard InChI is InChI=1S/C19H21N3O2.ClH/c20-16(13-6-2-1-3-7-13)12-18(23)22-17-9-5-4-8-15(17)19(24)21-14-10-11-14;/h1-9,14,16H,10-12,20H2,(H,21,24)(H,22,23);1H. The van der Waals surface area contributed by atoms with Crippen molar-refractivity contribution in [1.29, 1.82) is 0 Å². The Bertz CT molecular complexity index is 732. The van der Waals surface area contributed by atoms with Crippen molar-refractivity contribution < 1.29 is 9.59 Å². The van der Waals surface area contributed by atoms with Crippen LogP contribution >= 0.6 is 12.4 Å². The monoisotopic (exact) mass is 359 g/mol. The molecule has 0 bridgehead atoms. The maximum atomic E-state index is 12.3. The molecule has 2 amide bonds. The van der Waals surface area contributed by atoms with Crippen LogP contribution in [-0.4, -0.2) is 17.9 Å². The van der Waals surface area contributed by atoms with E-state index in [1.165, 1.54) is 0 Å². The summed E-state index contributed by atoms with van der Waals surface area (Å²) in [5.74, 6) is -0.362. The third kappa shape index (κ3) is 5.31. The topological polar surface area (TPSA) is 84.2 Å². The molecule has 1 aliphatic carbocycles. The Morgan fingerprint density at radius 1 is 1.04 bits per heavy atom. The molecule has 5 nitrogen and oxygen atoms in total. The first kappa shape index (κ1) is 19.0. The molecule has 0 aliphatic heterocycles. The molecule has 2 aromatic rings. The molecular formula is C19H22ClN3O2. The zero-order valence-corrected chi connectivity index (χ0v) is 14.6. The third-order valence-corrected chi connectivity index (χ3v) is 3.99. The van der Waals surface area contributed by atoms with Gasteiger partial charge in [-0.3, -0.25) is 9.59 Å². The predicted molar refractivity (Wildman–Crippen MR) is 101 cm³/mol. The Morgan fingerprint density at radius 2 is 1.68 bits per heavy atom. The molecule has 0 aromatic heterocycles. The summed E-state index contributed by atoms with van der Waals surface area (Å²) in [6, 6.07) is 16.4. The van der Waals surface area contributed by atoms with Crippen molar-refractivity contribution in [2.45, 2.75) is 31.3 Å². The fraction of sp³-hybridized carbons (Fsp3) is 0.263. The lowest BCUT2D eigenvalue weighted by atomic mass is 10.0. The van der Waals surface area contributed by atoms with Gasteiger partial charge < -0.3 is 16.4 Å². The van der Waals surface area contributed by atoms with E-state index in [4.69, 9.17) is 5.73 Å². The van der Waals surface area contributed by atoms with E-state index < -0.39 is 0 Å². The van der Waals surface area contributed by atoms with Gasteiger partial charge in [0.1, 0.15) is 0 Å². The summed E-state index contributed by atoms with van der Waals surface area (Å²) in [5, 5.41) is 5.74. The molecule has 1 unspecified atom stereocenters. The van der Waals surface area contributed by atoms with E-state index in [2.05, 4.69) is 10.6 Å². The third-order valence-electron chi connectivity index (χ3n) is 3.99. The van der Waals surface area contributed by atoms with Crippen LogP contribution in [-0.2, 0) is 4.79 Å². The predicted octanol–water partition coefficient (Wildman–Crippen LogP) is 3.03. The number of benzene rings is 2. The van der Waals surface area contributed by atoms with Gasteiger partial charge in [0, 0.05) is 18.5 Å². The molecule has 0 spiro atoms. The molecule has 1 saturated carbocycles. The van der Waals surface area contributed by atoms with Gasteiger partial charge in [0.25, 0.3) is 5.91 Å². The van der Waals surface area contributed by atoms with Crippen molar-refractivity contribution in [3.63, 3.8) is 0 Å². The minimum atomic E-state index is -0.376. The molecule has 132 valence electrons. The number of amides is 2. The number of carbonyl (C=O) groups excluding carboxylic acids is 2. The van der Waals surface area contributed by atoms with Gasteiger partial charge in [-0.05, 0) is 30.5 Å². The van der Waals surface area contributed by atoms with E-state index in [0.717, 1.165) is 18.4 Å². The minimum Gasteiger partial charge on any atom is -0.349 e. The Hall–Kier alpha value is -2.37. The quantitative estimate of drug-likeness (QED) is 0.741. The number of carbonyl (C=O) groups is 2. The van der Waals surface area contributed by atoms with Crippen LogP contribution in [0.2, 0.25) is 0 Å². The van der Waals surface area contributed by atoms with E-state index >= 15 is 0 Å². The number of rotatable bonds is 6. The van der Waals surface area contributed by atoms with Crippen LogP contribution in [0, 0.1) is 0 Å². The molecule has 1 fully saturated rings. The highest BCUT2D eigenvalue weighted by Gasteiger charge is 2.25. The largest absolute Gasteiger partial charge is 0.349 e. The molecule has 0 saturated heterocycles. The van der Waals surface area contributed by atoms with Gasteiger partial charge in [0.15, 0.2) is 0 Å². The summed E-state index contributed by atoms with van der Waals surface area (Å²) in [5.41, 5.74) is 7.98. The first-order valence-corrected chi connectivity index (χ1v) is 8.14. The highest BCUT2D eigenvalue weighted by Crippen LogP contribution is 2.22. The second-order valence-electron chi connectivity index (χ2n) is 6.06. The summed E-state index contributed by atoms with van der Waals surface area (Å²) in [4.78, 5) is 24.5. The molecule has 0 radical (unpaired) electrons. The number of para-hydroxylation sites is 1. The number of nitrogens with two attached hydrogens (primary N) is 1.